The van der Waals surface area contributed by atoms with Crippen LogP contribution >= 0.6 is 0 Å². The molecular weight excluding hydrogens is 134 g/mol. The first-order valence-electron chi connectivity index (χ1n) is 4.26. The maximum Gasteiger partial charge on any atom is 0.00277 e. The second-order valence-electron chi connectivity index (χ2n) is 2.89. The first-order valence-corrected chi connectivity index (χ1v) is 4.26. The highest BCUT2D eigenvalue weighted by molar-refractivity contribution is 5.19. The molecule has 0 aliphatic carbocycles. The molecule has 0 aromatic heterocycles. The van der Waals surface area contributed by atoms with Crippen molar-refractivity contribution < 1.29 is 0 Å². The fourth-order valence-corrected chi connectivity index (χ4v) is 0.911. The third kappa shape index (κ3) is 4.65. The average molecular weight is 153 g/mol. The molecule has 0 aliphatic heterocycles. The smallest absolute Gasteiger partial charge is 0.00277 e. The number of rotatable bonds is 4. The third-order valence-corrected chi connectivity index (χ3v) is 1.55. The van der Waals surface area contributed by atoms with Crippen LogP contribution in [0.1, 0.15) is 27.2 Å². The van der Waals surface area contributed by atoms with Crippen molar-refractivity contribution in [1.82, 2.24) is 5.32 Å². The summed E-state index contributed by atoms with van der Waals surface area (Å²) in [5, 5.41) is 2.99. The second-order valence-corrected chi connectivity index (χ2v) is 2.89. The van der Waals surface area contributed by atoms with Crippen molar-refractivity contribution >= 4 is 0 Å². The van der Waals surface area contributed by atoms with Crippen molar-refractivity contribution in [3.05, 3.63) is 23.9 Å². The molecule has 0 atom stereocenters. The van der Waals surface area contributed by atoms with E-state index in [1.165, 1.54) is 5.57 Å². The van der Waals surface area contributed by atoms with Crippen molar-refractivity contribution in [3.63, 3.8) is 0 Å². The van der Waals surface area contributed by atoms with Crippen LogP contribution in [-0.4, -0.2) is 7.05 Å². The molecule has 0 spiro atoms. The molecule has 1 nitrogen and oxygen atoms in total. The highest BCUT2D eigenvalue weighted by Gasteiger charge is 1.96. The molecule has 11 heavy (non-hydrogen) atoms. The molecule has 0 aromatic rings. The van der Waals surface area contributed by atoms with Crippen molar-refractivity contribution in [2.75, 3.05) is 7.05 Å². The van der Waals surface area contributed by atoms with Gasteiger partial charge in [0.1, 0.15) is 0 Å². The SMILES string of the molecule is CC/C=C(\C=C/NC)C(C)C. The highest BCUT2D eigenvalue weighted by Crippen LogP contribution is 2.11. The van der Waals surface area contributed by atoms with Gasteiger partial charge in [-0.05, 0) is 30.2 Å². The predicted molar refractivity (Wildman–Crippen MR) is 51.4 cm³/mol. The van der Waals surface area contributed by atoms with Crippen molar-refractivity contribution in [2.24, 2.45) is 5.92 Å². The van der Waals surface area contributed by atoms with Crippen LogP contribution in [0.5, 0.6) is 0 Å². The molecule has 64 valence electrons. The Bertz CT molecular complexity index is 143. The van der Waals surface area contributed by atoms with Crippen LogP contribution in [0, 0.1) is 5.92 Å². The number of allylic oxidation sites excluding steroid dienone is 3. The van der Waals surface area contributed by atoms with E-state index in [9.17, 15) is 0 Å². The second kappa shape index (κ2) is 6.02. The topological polar surface area (TPSA) is 12.0 Å². The van der Waals surface area contributed by atoms with Gasteiger partial charge in [0.2, 0.25) is 0 Å². The maximum atomic E-state index is 2.99. The van der Waals surface area contributed by atoms with Crippen LogP contribution in [0.4, 0.5) is 0 Å². The molecule has 0 radical (unpaired) electrons. The van der Waals surface area contributed by atoms with Crippen molar-refractivity contribution in [2.45, 2.75) is 27.2 Å². The number of hydrogen-bond acceptors (Lipinski definition) is 1. The van der Waals surface area contributed by atoms with Gasteiger partial charge < -0.3 is 5.32 Å². The van der Waals surface area contributed by atoms with Gasteiger partial charge in [0.05, 0.1) is 0 Å². The molecule has 0 fully saturated rings. The molecular formula is C10H19N. The minimum atomic E-state index is 0.625. The predicted octanol–water partition coefficient (Wildman–Crippen LogP) is 2.71. The Morgan fingerprint density at radius 1 is 1.45 bits per heavy atom. The molecule has 0 rings (SSSR count). The van der Waals surface area contributed by atoms with Gasteiger partial charge >= 0.3 is 0 Å². The zero-order valence-electron chi connectivity index (χ0n) is 8.02. The van der Waals surface area contributed by atoms with Gasteiger partial charge in [-0.15, -0.1) is 0 Å². The van der Waals surface area contributed by atoms with E-state index in [0.717, 1.165) is 6.42 Å². The largest absolute Gasteiger partial charge is 0.394 e. The van der Waals surface area contributed by atoms with Gasteiger partial charge in [0, 0.05) is 7.05 Å². The Kier molecular flexibility index (Phi) is 5.63. The molecule has 1 heteroatoms. The van der Waals surface area contributed by atoms with Crippen molar-refractivity contribution in [1.29, 1.82) is 0 Å². The fraction of sp³-hybridized carbons (Fsp3) is 0.600. The third-order valence-electron chi connectivity index (χ3n) is 1.55. The fourth-order valence-electron chi connectivity index (χ4n) is 0.911. The normalized spacial score (nSPS) is 13.0. The molecule has 0 saturated carbocycles. The van der Waals surface area contributed by atoms with Gasteiger partial charge in [0.25, 0.3) is 0 Å². The minimum absolute atomic E-state index is 0.625. The maximum absolute atomic E-state index is 2.99. The molecule has 0 aliphatic rings. The van der Waals surface area contributed by atoms with Crippen molar-refractivity contribution in [3.8, 4) is 0 Å². The first-order chi connectivity index (χ1) is 5.22. The monoisotopic (exact) mass is 153 g/mol. The lowest BCUT2D eigenvalue weighted by atomic mass is 10.0. The standard InChI is InChI=1S/C10H19N/c1-5-6-10(9(2)3)7-8-11-4/h6-9,11H,5H2,1-4H3/b8-7-,10-6+. The molecule has 0 aromatic carbocycles. The van der Waals surface area contributed by atoms with Gasteiger partial charge in [0.15, 0.2) is 0 Å². The molecule has 0 heterocycles. The molecule has 0 unspecified atom stereocenters. The Labute approximate surface area is 70.2 Å². The Hall–Kier alpha value is -0.720. The summed E-state index contributed by atoms with van der Waals surface area (Å²) in [4.78, 5) is 0. The molecule has 0 bridgehead atoms. The Balaban J connectivity index is 4.11. The lowest BCUT2D eigenvalue weighted by Gasteiger charge is -2.05. The summed E-state index contributed by atoms with van der Waals surface area (Å²) in [6.45, 7) is 6.58. The quantitative estimate of drug-likeness (QED) is 0.612. The lowest BCUT2D eigenvalue weighted by Crippen LogP contribution is -1.95. The summed E-state index contributed by atoms with van der Waals surface area (Å²) in [6, 6.07) is 0. The van der Waals surface area contributed by atoms with Crippen LogP contribution in [0.2, 0.25) is 0 Å². The van der Waals surface area contributed by atoms with Crippen LogP contribution in [-0.2, 0) is 0 Å². The van der Waals surface area contributed by atoms with E-state index in [1.807, 2.05) is 13.2 Å². The zero-order chi connectivity index (χ0) is 8.69. The summed E-state index contributed by atoms with van der Waals surface area (Å²) in [5.41, 5.74) is 1.40. The van der Waals surface area contributed by atoms with Gasteiger partial charge in [-0.1, -0.05) is 26.8 Å². The Morgan fingerprint density at radius 3 is 2.45 bits per heavy atom. The first kappa shape index (κ1) is 10.3. The summed E-state index contributed by atoms with van der Waals surface area (Å²) < 4.78 is 0. The summed E-state index contributed by atoms with van der Waals surface area (Å²) >= 11 is 0. The zero-order valence-corrected chi connectivity index (χ0v) is 8.02. The number of hydrogen-bond donors (Lipinski definition) is 1. The summed E-state index contributed by atoms with van der Waals surface area (Å²) in [7, 11) is 1.92. The van der Waals surface area contributed by atoms with E-state index in [-0.39, 0.29) is 0 Å². The van der Waals surface area contributed by atoms with E-state index in [0.29, 0.717) is 5.92 Å². The van der Waals surface area contributed by atoms with E-state index in [1.54, 1.807) is 0 Å². The Morgan fingerprint density at radius 2 is 2.09 bits per heavy atom. The van der Waals surface area contributed by atoms with Crippen LogP contribution in [0.25, 0.3) is 0 Å². The number of nitrogens with one attached hydrogen (secondary N) is 1. The van der Waals surface area contributed by atoms with Crippen LogP contribution < -0.4 is 5.32 Å². The lowest BCUT2D eigenvalue weighted by molar-refractivity contribution is 0.783. The molecule has 1 N–H and O–H groups in total. The van der Waals surface area contributed by atoms with E-state index in [2.05, 4.69) is 38.2 Å². The van der Waals surface area contributed by atoms with Crippen LogP contribution in [0.15, 0.2) is 23.9 Å². The van der Waals surface area contributed by atoms with E-state index < -0.39 is 0 Å². The average Bonchev–Trinajstić information content (AvgIpc) is 1.97. The molecule has 0 amide bonds. The van der Waals surface area contributed by atoms with E-state index in [4.69, 9.17) is 0 Å². The summed E-state index contributed by atoms with van der Waals surface area (Å²) in [5.74, 6) is 0.625. The van der Waals surface area contributed by atoms with Crippen LogP contribution in [0.3, 0.4) is 0 Å². The summed E-state index contributed by atoms with van der Waals surface area (Å²) in [6.07, 6.45) is 7.48. The van der Waals surface area contributed by atoms with Gasteiger partial charge in [-0.2, -0.15) is 0 Å². The van der Waals surface area contributed by atoms with E-state index >= 15 is 0 Å². The van der Waals surface area contributed by atoms with Gasteiger partial charge in [-0.25, -0.2) is 0 Å². The highest BCUT2D eigenvalue weighted by atomic mass is 14.8. The van der Waals surface area contributed by atoms with Gasteiger partial charge in [-0.3, -0.25) is 0 Å². The molecule has 0 saturated heterocycles. The minimum Gasteiger partial charge on any atom is -0.394 e.